The zero-order chi connectivity index (χ0) is 21.9. The molecular weight excluding hydrogens is 428 g/mol. The Kier molecular flexibility index (Phi) is 6.00. The standard InChI is InChI=1S/C23H24N4O4S/c1-16(22(28)27-11-9-26(10-12-27)14-17-5-3-2-4-6-17)32-23-25-24-21(31-23)18-7-8-19-20(13-18)30-15-29-19/h2-8,13,16H,9-12,14-15H2,1H3/t16-/m0/s1. The van der Waals surface area contributed by atoms with Crippen molar-refractivity contribution in [2.45, 2.75) is 23.9 Å². The molecule has 1 saturated heterocycles. The lowest BCUT2D eigenvalue weighted by atomic mass is 10.2. The number of carbonyl (C=O) groups excluding carboxylic acids is 1. The monoisotopic (exact) mass is 452 g/mol. The van der Waals surface area contributed by atoms with Crippen LogP contribution in [0.2, 0.25) is 0 Å². The minimum absolute atomic E-state index is 0.0946. The summed E-state index contributed by atoms with van der Waals surface area (Å²) in [6.07, 6.45) is 0. The van der Waals surface area contributed by atoms with Crippen LogP contribution in [0.4, 0.5) is 0 Å². The Balaban J connectivity index is 1.14. The van der Waals surface area contributed by atoms with E-state index in [1.165, 1.54) is 17.3 Å². The predicted molar refractivity (Wildman–Crippen MR) is 119 cm³/mol. The van der Waals surface area contributed by atoms with E-state index in [-0.39, 0.29) is 18.0 Å². The van der Waals surface area contributed by atoms with Crippen LogP contribution in [0, 0.1) is 0 Å². The summed E-state index contributed by atoms with van der Waals surface area (Å²) in [5, 5.41) is 8.30. The maximum atomic E-state index is 12.9. The summed E-state index contributed by atoms with van der Waals surface area (Å²) < 4.78 is 16.5. The number of amides is 1. The fraction of sp³-hybridized carbons (Fsp3) is 0.348. The summed E-state index contributed by atoms with van der Waals surface area (Å²) in [5.74, 6) is 1.84. The summed E-state index contributed by atoms with van der Waals surface area (Å²) in [6, 6.07) is 15.9. The lowest BCUT2D eigenvalue weighted by Gasteiger charge is -2.35. The lowest BCUT2D eigenvalue weighted by Crippen LogP contribution is -2.50. The van der Waals surface area contributed by atoms with Crippen LogP contribution in [0.15, 0.2) is 58.2 Å². The number of benzene rings is 2. The van der Waals surface area contributed by atoms with Crippen molar-refractivity contribution in [3.05, 3.63) is 54.1 Å². The van der Waals surface area contributed by atoms with E-state index in [2.05, 4.69) is 39.4 Å². The fourth-order valence-electron chi connectivity index (χ4n) is 3.83. The molecule has 8 nitrogen and oxygen atoms in total. The summed E-state index contributed by atoms with van der Waals surface area (Å²) in [6.45, 7) is 6.20. The van der Waals surface area contributed by atoms with Crippen LogP contribution in [0.3, 0.4) is 0 Å². The zero-order valence-corrected chi connectivity index (χ0v) is 18.6. The number of rotatable bonds is 6. The maximum Gasteiger partial charge on any atom is 0.277 e. The van der Waals surface area contributed by atoms with Gasteiger partial charge in [-0.25, -0.2) is 0 Å². The Morgan fingerprint density at radius 3 is 2.62 bits per heavy atom. The minimum Gasteiger partial charge on any atom is -0.454 e. The Labute approximate surface area is 190 Å². The first-order valence-electron chi connectivity index (χ1n) is 10.6. The predicted octanol–water partition coefficient (Wildman–Crippen LogP) is 3.29. The highest BCUT2D eigenvalue weighted by atomic mass is 32.2. The molecule has 0 aliphatic carbocycles. The van der Waals surface area contributed by atoms with E-state index in [0.717, 1.165) is 38.3 Å². The number of aromatic nitrogens is 2. The van der Waals surface area contributed by atoms with Crippen LogP contribution in [-0.4, -0.2) is 64.1 Å². The molecule has 2 aromatic carbocycles. The number of ether oxygens (including phenoxy) is 2. The Hall–Kier alpha value is -3.04. The molecule has 0 spiro atoms. The third-order valence-electron chi connectivity index (χ3n) is 5.58. The minimum atomic E-state index is -0.305. The van der Waals surface area contributed by atoms with Gasteiger partial charge in [-0.05, 0) is 30.7 Å². The van der Waals surface area contributed by atoms with Gasteiger partial charge in [-0.1, -0.05) is 42.1 Å². The smallest absolute Gasteiger partial charge is 0.277 e. The van der Waals surface area contributed by atoms with E-state index in [0.29, 0.717) is 22.6 Å². The average molecular weight is 453 g/mol. The molecule has 0 N–H and O–H groups in total. The molecule has 0 saturated carbocycles. The van der Waals surface area contributed by atoms with Crippen LogP contribution >= 0.6 is 11.8 Å². The van der Waals surface area contributed by atoms with E-state index in [1.54, 1.807) is 0 Å². The van der Waals surface area contributed by atoms with Crippen molar-refractivity contribution in [1.82, 2.24) is 20.0 Å². The van der Waals surface area contributed by atoms with E-state index < -0.39 is 0 Å². The van der Waals surface area contributed by atoms with Gasteiger partial charge in [-0.3, -0.25) is 9.69 Å². The van der Waals surface area contributed by atoms with Crippen LogP contribution in [0.1, 0.15) is 12.5 Å². The van der Waals surface area contributed by atoms with Gasteiger partial charge in [0.05, 0.1) is 5.25 Å². The molecule has 32 heavy (non-hydrogen) atoms. The molecule has 5 rings (SSSR count). The first-order valence-corrected chi connectivity index (χ1v) is 11.5. The van der Waals surface area contributed by atoms with Crippen molar-refractivity contribution >= 4 is 17.7 Å². The number of piperazine rings is 1. The van der Waals surface area contributed by atoms with E-state index in [4.69, 9.17) is 13.9 Å². The van der Waals surface area contributed by atoms with Gasteiger partial charge in [-0.2, -0.15) is 0 Å². The number of fused-ring (bicyclic) bond motifs is 1. The quantitative estimate of drug-likeness (QED) is 0.527. The molecule has 1 atom stereocenters. The van der Waals surface area contributed by atoms with Gasteiger partial charge in [0, 0.05) is 38.3 Å². The first-order chi connectivity index (χ1) is 15.7. The van der Waals surface area contributed by atoms with E-state index in [9.17, 15) is 4.79 Å². The molecule has 0 unspecified atom stereocenters. The molecule has 3 heterocycles. The summed E-state index contributed by atoms with van der Waals surface area (Å²) >= 11 is 1.29. The maximum absolute atomic E-state index is 12.9. The van der Waals surface area contributed by atoms with Crippen LogP contribution in [0.5, 0.6) is 11.5 Å². The Bertz CT molecular complexity index is 1080. The third kappa shape index (κ3) is 4.58. The highest BCUT2D eigenvalue weighted by Crippen LogP contribution is 2.36. The van der Waals surface area contributed by atoms with E-state index in [1.807, 2.05) is 36.1 Å². The highest BCUT2D eigenvalue weighted by molar-refractivity contribution is 8.00. The molecule has 2 aliphatic heterocycles. The summed E-state index contributed by atoms with van der Waals surface area (Å²) in [5.41, 5.74) is 2.05. The van der Waals surface area contributed by atoms with Crippen molar-refractivity contribution in [1.29, 1.82) is 0 Å². The van der Waals surface area contributed by atoms with Gasteiger partial charge >= 0.3 is 0 Å². The number of hydrogen-bond acceptors (Lipinski definition) is 8. The molecule has 0 radical (unpaired) electrons. The Morgan fingerprint density at radius 1 is 1.03 bits per heavy atom. The average Bonchev–Trinajstić information content (AvgIpc) is 3.49. The van der Waals surface area contributed by atoms with E-state index >= 15 is 0 Å². The molecule has 9 heteroatoms. The SMILES string of the molecule is C[C@H](Sc1nnc(-c2ccc3c(c2)OCO3)o1)C(=O)N1CCN(Cc2ccccc2)CC1. The van der Waals surface area contributed by atoms with Crippen molar-refractivity contribution in [3.63, 3.8) is 0 Å². The molecule has 1 fully saturated rings. The second-order valence-corrected chi connectivity index (χ2v) is 9.08. The van der Waals surface area contributed by atoms with Crippen LogP contribution < -0.4 is 9.47 Å². The van der Waals surface area contributed by atoms with Crippen LogP contribution in [-0.2, 0) is 11.3 Å². The largest absolute Gasteiger partial charge is 0.454 e. The van der Waals surface area contributed by atoms with Crippen molar-refractivity contribution in [3.8, 4) is 23.0 Å². The molecule has 1 aromatic heterocycles. The van der Waals surface area contributed by atoms with Gasteiger partial charge in [0.25, 0.3) is 5.22 Å². The van der Waals surface area contributed by atoms with Gasteiger partial charge in [-0.15, -0.1) is 10.2 Å². The van der Waals surface area contributed by atoms with Crippen molar-refractivity contribution in [2.75, 3.05) is 33.0 Å². The second kappa shape index (κ2) is 9.22. The fourth-order valence-corrected chi connectivity index (χ4v) is 4.60. The number of thioether (sulfide) groups is 1. The van der Waals surface area contributed by atoms with Crippen molar-refractivity contribution < 1.29 is 18.7 Å². The van der Waals surface area contributed by atoms with Gasteiger partial charge < -0.3 is 18.8 Å². The molecular formula is C23H24N4O4S. The molecule has 2 aliphatic rings. The topological polar surface area (TPSA) is 80.9 Å². The second-order valence-electron chi connectivity index (χ2n) is 7.79. The molecule has 0 bridgehead atoms. The third-order valence-corrected chi connectivity index (χ3v) is 6.51. The molecule has 1 amide bonds. The summed E-state index contributed by atoms with van der Waals surface area (Å²) in [4.78, 5) is 17.2. The number of carbonyl (C=O) groups is 1. The highest BCUT2D eigenvalue weighted by Gasteiger charge is 2.27. The number of hydrogen-bond donors (Lipinski definition) is 0. The molecule has 3 aromatic rings. The number of nitrogens with zero attached hydrogens (tertiary/aromatic N) is 4. The molecule has 166 valence electrons. The van der Waals surface area contributed by atoms with Gasteiger partial charge in [0.1, 0.15) is 0 Å². The lowest BCUT2D eigenvalue weighted by molar-refractivity contribution is -0.132. The zero-order valence-electron chi connectivity index (χ0n) is 17.8. The normalized spacial score (nSPS) is 16.8. The Morgan fingerprint density at radius 2 is 1.81 bits per heavy atom. The van der Waals surface area contributed by atoms with Crippen LogP contribution in [0.25, 0.3) is 11.5 Å². The van der Waals surface area contributed by atoms with Gasteiger partial charge in [0.15, 0.2) is 11.5 Å². The van der Waals surface area contributed by atoms with Crippen molar-refractivity contribution in [2.24, 2.45) is 0 Å². The first kappa shape index (κ1) is 20.8. The summed E-state index contributed by atoms with van der Waals surface area (Å²) in [7, 11) is 0. The van der Waals surface area contributed by atoms with Gasteiger partial charge in [0.2, 0.25) is 18.6 Å².